The summed E-state index contributed by atoms with van der Waals surface area (Å²) in [5.41, 5.74) is 0.221. The van der Waals surface area contributed by atoms with Crippen LogP contribution < -0.4 is 10.2 Å². The van der Waals surface area contributed by atoms with Gasteiger partial charge in [0.15, 0.2) is 10.9 Å². The molecule has 0 fully saturated rings. The summed E-state index contributed by atoms with van der Waals surface area (Å²) in [6.45, 7) is 3.63. The molecule has 1 heterocycles. The predicted molar refractivity (Wildman–Crippen MR) is 54.8 cm³/mol. The van der Waals surface area contributed by atoms with Gasteiger partial charge in [-0.25, -0.2) is 4.98 Å². The van der Waals surface area contributed by atoms with Crippen LogP contribution in [0.2, 0.25) is 5.15 Å². The Morgan fingerprint density at radius 3 is 2.64 bits per heavy atom. The van der Waals surface area contributed by atoms with E-state index in [2.05, 4.69) is 4.98 Å². The molecule has 14 heavy (non-hydrogen) atoms. The molecule has 0 aromatic carbocycles. The lowest BCUT2D eigenvalue weighted by atomic mass is 9.80. The van der Waals surface area contributed by atoms with Gasteiger partial charge in [0.2, 0.25) is 0 Å². The first-order valence-corrected chi connectivity index (χ1v) is 4.57. The summed E-state index contributed by atoms with van der Waals surface area (Å²) in [6.07, 6.45) is 1.29. The second-order valence-corrected chi connectivity index (χ2v) is 3.42. The van der Waals surface area contributed by atoms with Crippen LogP contribution in [0.5, 0.6) is 5.75 Å². The normalized spacial score (nSPS) is 10.4. The lowest BCUT2D eigenvalue weighted by molar-refractivity contribution is 0.243. The molecule has 1 aromatic heterocycles. The average molecular weight is 215 g/mol. The van der Waals surface area contributed by atoms with Gasteiger partial charge in [0, 0.05) is 11.7 Å². The third-order valence-electron chi connectivity index (χ3n) is 1.52. The first-order valence-electron chi connectivity index (χ1n) is 4.19. The summed E-state index contributed by atoms with van der Waals surface area (Å²) in [5.74, 6) is 0.221. The molecule has 0 amide bonds. The third-order valence-corrected chi connectivity index (χ3v) is 1.79. The summed E-state index contributed by atoms with van der Waals surface area (Å²) in [7, 11) is -1.61. The van der Waals surface area contributed by atoms with Crippen LogP contribution in [-0.4, -0.2) is 28.3 Å². The van der Waals surface area contributed by atoms with E-state index in [4.69, 9.17) is 26.4 Å². The summed E-state index contributed by atoms with van der Waals surface area (Å²) < 4.78 is 5.32. The molecule has 0 unspecified atom stereocenters. The van der Waals surface area contributed by atoms with E-state index in [9.17, 15) is 0 Å². The van der Waals surface area contributed by atoms with E-state index in [1.54, 1.807) is 0 Å². The van der Waals surface area contributed by atoms with Crippen molar-refractivity contribution in [2.75, 3.05) is 0 Å². The highest BCUT2D eigenvalue weighted by Crippen LogP contribution is 2.20. The molecule has 0 aliphatic heterocycles. The molecule has 0 aliphatic rings. The SMILES string of the molecule is CC(C)Oc1c(B(O)O)ccnc1Cl. The van der Waals surface area contributed by atoms with Gasteiger partial charge in [0.1, 0.15) is 0 Å². The highest BCUT2D eigenvalue weighted by molar-refractivity contribution is 6.60. The Bertz CT molecular complexity index is 319. The van der Waals surface area contributed by atoms with Crippen molar-refractivity contribution in [3.05, 3.63) is 17.4 Å². The van der Waals surface area contributed by atoms with Gasteiger partial charge in [-0.1, -0.05) is 11.6 Å². The molecule has 6 heteroatoms. The van der Waals surface area contributed by atoms with Crippen molar-refractivity contribution >= 4 is 24.2 Å². The minimum atomic E-state index is -1.61. The minimum absolute atomic E-state index is 0.103. The quantitative estimate of drug-likeness (QED) is 0.559. The molecular weight excluding hydrogens is 204 g/mol. The fraction of sp³-hybridized carbons (Fsp3) is 0.375. The van der Waals surface area contributed by atoms with Crippen molar-refractivity contribution in [3.8, 4) is 5.75 Å². The summed E-state index contributed by atoms with van der Waals surface area (Å²) in [6, 6.07) is 1.45. The van der Waals surface area contributed by atoms with Crippen LogP contribution in [0.25, 0.3) is 0 Å². The molecule has 4 nitrogen and oxygen atoms in total. The Hall–Kier alpha value is -0.775. The number of hydrogen-bond donors (Lipinski definition) is 2. The van der Waals surface area contributed by atoms with Crippen molar-refractivity contribution in [2.45, 2.75) is 20.0 Å². The second kappa shape index (κ2) is 4.64. The number of ether oxygens (including phenoxy) is 1. The van der Waals surface area contributed by atoms with Crippen LogP contribution in [-0.2, 0) is 0 Å². The van der Waals surface area contributed by atoms with Gasteiger partial charge in [-0.05, 0) is 19.9 Å². The van der Waals surface area contributed by atoms with E-state index >= 15 is 0 Å². The summed E-state index contributed by atoms with van der Waals surface area (Å²) in [5, 5.41) is 18.2. The molecule has 0 spiro atoms. The highest BCUT2D eigenvalue weighted by Gasteiger charge is 2.20. The van der Waals surface area contributed by atoms with Gasteiger partial charge in [-0.3, -0.25) is 0 Å². The fourth-order valence-corrected chi connectivity index (χ4v) is 1.20. The number of halogens is 1. The maximum Gasteiger partial charge on any atom is 0.492 e. The third kappa shape index (κ3) is 2.61. The summed E-state index contributed by atoms with van der Waals surface area (Å²) >= 11 is 5.76. The standard InChI is InChI=1S/C8H11BClNO3/c1-5(2)14-7-6(9(12)13)3-4-11-8(7)10/h3-5,12-13H,1-2H3. The zero-order valence-corrected chi connectivity index (χ0v) is 8.69. The highest BCUT2D eigenvalue weighted by atomic mass is 35.5. The van der Waals surface area contributed by atoms with Crippen LogP contribution >= 0.6 is 11.6 Å². The van der Waals surface area contributed by atoms with E-state index in [1.165, 1.54) is 12.3 Å². The summed E-state index contributed by atoms with van der Waals surface area (Å²) in [4.78, 5) is 3.79. The Balaban J connectivity index is 3.09. The second-order valence-electron chi connectivity index (χ2n) is 3.06. The zero-order valence-electron chi connectivity index (χ0n) is 7.94. The molecule has 0 saturated carbocycles. The number of nitrogens with zero attached hydrogens (tertiary/aromatic N) is 1. The number of rotatable bonds is 3. The fourth-order valence-electron chi connectivity index (χ4n) is 0.992. The molecular formula is C8H11BClNO3. The average Bonchev–Trinajstić information content (AvgIpc) is 2.07. The van der Waals surface area contributed by atoms with E-state index in [0.717, 1.165) is 0 Å². The molecule has 76 valence electrons. The maximum atomic E-state index is 9.03. The minimum Gasteiger partial charge on any atom is -0.488 e. The molecule has 0 aliphatic carbocycles. The van der Waals surface area contributed by atoms with Crippen molar-refractivity contribution in [1.29, 1.82) is 0 Å². The molecule has 1 rings (SSSR count). The van der Waals surface area contributed by atoms with Crippen LogP contribution in [0.4, 0.5) is 0 Å². The molecule has 1 aromatic rings. The molecule has 0 saturated heterocycles. The number of aromatic nitrogens is 1. The van der Waals surface area contributed by atoms with Gasteiger partial charge in [0.05, 0.1) is 6.10 Å². The smallest absolute Gasteiger partial charge is 0.488 e. The molecule has 0 bridgehead atoms. The molecule has 0 radical (unpaired) electrons. The zero-order chi connectivity index (χ0) is 10.7. The molecule has 0 atom stereocenters. The van der Waals surface area contributed by atoms with Crippen molar-refractivity contribution in [3.63, 3.8) is 0 Å². The van der Waals surface area contributed by atoms with E-state index in [1.807, 2.05) is 13.8 Å². The van der Waals surface area contributed by atoms with Crippen LogP contribution in [0.15, 0.2) is 12.3 Å². The first kappa shape index (κ1) is 11.3. The van der Waals surface area contributed by atoms with Gasteiger partial charge in [0.25, 0.3) is 0 Å². The monoisotopic (exact) mass is 215 g/mol. The molecule has 2 N–H and O–H groups in total. The van der Waals surface area contributed by atoms with Gasteiger partial charge in [-0.15, -0.1) is 0 Å². The maximum absolute atomic E-state index is 9.03. The Morgan fingerprint density at radius 1 is 1.50 bits per heavy atom. The lowest BCUT2D eigenvalue weighted by Gasteiger charge is -2.14. The Morgan fingerprint density at radius 2 is 2.14 bits per heavy atom. The van der Waals surface area contributed by atoms with Crippen molar-refractivity contribution in [1.82, 2.24) is 4.98 Å². The van der Waals surface area contributed by atoms with Crippen molar-refractivity contribution in [2.24, 2.45) is 0 Å². The van der Waals surface area contributed by atoms with Crippen molar-refractivity contribution < 1.29 is 14.8 Å². The Kier molecular flexibility index (Phi) is 3.74. The van der Waals surface area contributed by atoms with E-state index in [-0.39, 0.29) is 22.5 Å². The van der Waals surface area contributed by atoms with Gasteiger partial charge >= 0.3 is 7.12 Å². The predicted octanol–water partition coefficient (Wildman–Crippen LogP) is 0.202. The largest absolute Gasteiger partial charge is 0.492 e. The lowest BCUT2D eigenvalue weighted by Crippen LogP contribution is -2.32. The van der Waals surface area contributed by atoms with E-state index in [0.29, 0.717) is 0 Å². The van der Waals surface area contributed by atoms with Crippen LogP contribution in [0.3, 0.4) is 0 Å². The van der Waals surface area contributed by atoms with Crippen LogP contribution in [0.1, 0.15) is 13.8 Å². The van der Waals surface area contributed by atoms with E-state index < -0.39 is 7.12 Å². The Labute approximate surface area is 87.6 Å². The van der Waals surface area contributed by atoms with Gasteiger partial charge < -0.3 is 14.8 Å². The topological polar surface area (TPSA) is 62.6 Å². The number of hydrogen-bond acceptors (Lipinski definition) is 4. The first-order chi connectivity index (χ1) is 6.52. The van der Waals surface area contributed by atoms with Gasteiger partial charge in [-0.2, -0.15) is 0 Å². The number of pyridine rings is 1. The van der Waals surface area contributed by atoms with Crippen LogP contribution in [0, 0.1) is 0 Å².